The van der Waals surface area contributed by atoms with Gasteiger partial charge in [-0.25, -0.2) is 4.68 Å². The normalized spacial score (nSPS) is 14.9. The van der Waals surface area contributed by atoms with Crippen molar-refractivity contribution in [2.24, 2.45) is 0 Å². The molecular formula is C27H33N5O2S. The Hall–Kier alpha value is -3.26. The Morgan fingerprint density at radius 3 is 2.66 bits per heavy atom. The monoisotopic (exact) mass is 491 g/mol. The van der Waals surface area contributed by atoms with E-state index in [4.69, 9.17) is 14.8 Å². The third kappa shape index (κ3) is 5.53. The first kappa shape index (κ1) is 24.9. The molecule has 2 N–H and O–H groups in total. The van der Waals surface area contributed by atoms with Gasteiger partial charge in [0.1, 0.15) is 11.8 Å². The highest BCUT2D eigenvalue weighted by Crippen LogP contribution is 2.40. The zero-order chi connectivity index (χ0) is 24.8. The predicted octanol–water partition coefficient (Wildman–Crippen LogP) is 6.20. The first-order valence-corrected chi connectivity index (χ1v) is 13.2. The molecule has 1 atom stereocenters. The average molecular weight is 492 g/mol. The van der Waals surface area contributed by atoms with Crippen LogP contribution in [0.2, 0.25) is 0 Å². The van der Waals surface area contributed by atoms with E-state index in [1.807, 2.05) is 67.1 Å². The number of amides is 1. The van der Waals surface area contributed by atoms with Gasteiger partial charge in [0, 0.05) is 22.7 Å². The summed E-state index contributed by atoms with van der Waals surface area (Å²) in [4.78, 5) is 18.5. The second-order valence-corrected chi connectivity index (χ2v) is 9.65. The van der Waals surface area contributed by atoms with Gasteiger partial charge >= 0.3 is 0 Å². The summed E-state index contributed by atoms with van der Waals surface area (Å²) in [6, 6.07) is 15.2. The fraction of sp³-hybridized carbons (Fsp3) is 0.370. The van der Waals surface area contributed by atoms with Crippen LogP contribution in [0.15, 0.2) is 65.0 Å². The molecule has 0 radical (unpaired) electrons. The zero-order valence-corrected chi connectivity index (χ0v) is 21.6. The summed E-state index contributed by atoms with van der Waals surface area (Å²) in [6.45, 7) is 8.79. The molecule has 184 valence electrons. The van der Waals surface area contributed by atoms with Gasteiger partial charge in [0.15, 0.2) is 0 Å². The lowest BCUT2D eigenvalue weighted by molar-refractivity contribution is -0.113. The van der Waals surface area contributed by atoms with Crippen LogP contribution in [0.3, 0.4) is 0 Å². The summed E-state index contributed by atoms with van der Waals surface area (Å²) in [5.74, 6) is 2.13. The van der Waals surface area contributed by atoms with E-state index in [2.05, 4.69) is 24.5 Å². The largest absolute Gasteiger partial charge is 0.493 e. The molecule has 3 aromatic rings. The third-order valence-corrected chi connectivity index (χ3v) is 6.92. The summed E-state index contributed by atoms with van der Waals surface area (Å²) in [7, 11) is 0. The van der Waals surface area contributed by atoms with Crippen molar-refractivity contribution in [3.8, 4) is 5.75 Å². The molecule has 35 heavy (non-hydrogen) atoms. The number of aryl methyl sites for hydroxylation is 1. The predicted molar refractivity (Wildman–Crippen MR) is 142 cm³/mol. The van der Waals surface area contributed by atoms with Gasteiger partial charge in [-0.15, -0.1) is 5.10 Å². The number of fused-ring (bicyclic) bond motifs is 1. The molecule has 0 saturated carbocycles. The maximum Gasteiger partial charge on any atom is 0.255 e. The summed E-state index contributed by atoms with van der Waals surface area (Å²) < 4.78 is 8.00. The molecule has 0 aliphatic carbocycles. The van der Waals surface area contributed by atoms with Crippen LogP contribution < -0.4 is 15.4 Å². The quantitative estimate of drug-likeness (QED) is 0.260. The van der Waals surface area contributed by atoms with E-state index in [9.17, 15) is 4.79 Å². The van der Waals surface area contributed by atoms with Crippen LogP contribution in [0.5, 0.6) is 5.75 Å². The van der Waals surface area contributed by atoms with Crippen molar-refractivity contribution in [1.82, 2.24) is 14.8 Å². The van der Waals surface area contributed by atoms with Gasteiger partial charge in [0.2, 0.25) is 11.1 Å². The first-order chi connectivity index (χ1) is 17.0. The Kier molecular flexibility index (Phi) is 8.13. The van der Waals surface area contributed by atoms with Crippen LogP contribution in [-0.4, -0.2) is 33.0 Å². The molecule has 1 aliphatic heterocycles. The Morgan fingerprint density at radius 1 is 1.11 bits per heavy atom. The molecule has 0 spiro atoms. The van der Waals surface area contributed by atoms with E-state index in [1.165, 1.54) is 0 Å². The molecule has 1 amide bonds. The number of aromatic nitrogens is 3. The van der Waals surface area contributed by atoms with Gasteiger partial charge < -0.3 is 15.4 Å². The number of hydrogen-bond acceptors (Lipinski definition) is 6. The Morgan fingerprint density at radius 2 is 1.89 bits per heavy atom. The highest BCUT2D eigenvalue weighted by molar-refractivity contribution is 7.99. The van der Waals surface area contributed by atoms with E-state index >= 15 is 0 Å². The molecule has 0 bridgehead atoms. The minimum absolute atomic E-state index is 0.179. The number of hydrogen-bond donors (Lipinski definition) is 2. The van der Waals surface area contributed by atoms with E-state index in [0.717, 1.165) is 53.3 Å². The van der Waals surface area contributed by atoms with Crippen molar-refractivity contribution in [3.05, 3.63) is 70.9 Å². The maximum atomic E-state index is 13.8. The number of nitrogens with one attached hydrogen (secondary N) is 2. The van der Waals surface area contributed by atoms with Crippen LogP contribution in [0.4, 0.5) is 11.6 Å². The van der Waals surface area contributed by atoms with Crippen LogP contribution in [0.25, 0.3) is 0 Å². The minimum atomic E-state index is -0.475. The van der Waals surface area contributed by atoms with Crippen molar-refractivity contribution in [3.63, 3.8) is 0 Å². The number of nitrogens with zero attached hydrogens (tertiary/aromatic N) is 3. The number of benzene rings is 2. The number of rotatable bonds is 10. The number of para-hydroxylation sites is 2. The van der Waals surface area contributed by atoms with Crippen molar-refractivity contribution < 1.29 is 9.53 Å². The van der Waals surface area contributed by atoms with Gasteiger partial charge in [-0.3, -0.25) is 4.79 Å². The Balaban J connectivity index is 1.78. The van der Waals surface area contributed by atoms with E-state index in [-0.39, 0.29) is 5.91 Å². The topological polar surface area (TPSA) is 81.1 Å². The zero-order valence-electron chi connectivity index (χ0n) is 20.8. The number of carbonyl (C=O) groups is 1. The fourth-order valence-electron chi connectivity index (χ4n) is 4.03. The Bertz CT molecular complexity index is 1220. The Labute approximate surface area is 211 Å². The first-order valence-electron chi connectivity index (χ1n) is 12.2. The highest BCUT2D eigenvalue weighted by Gasteiger charge is 2.36. The molecule has 1 aromatic heterocycles. The van der Waals surface area contributed by atoms with Crippen molar-refractivity contribution >= 4 is 29.3 Å². The molecule has 4 rings (SSSR count). The number of unbranched alkanes of at least 4 members (excludes halogenated alkanes) is 1. The molecule has 8 heteroatoms. The number of thioether (sulfide) groups is 1. The van der Waals surface area contributed by atoms with Crippen molar-refractivity contribution in [2.45, 2.75) is 58.2 Å². The molecule has 2 heterocycles. The van der Waals surface area contributed by atoms with Crippen LogP contribution in [0, 0.1) is 6.92 Å². The van der Waals surface area contributed by atoms with E-state index in [0.29, 0.717) is 23.3 Å². The second-order valence-electron chi connectivity index (χ2n) is 8.59. The van der Waals surface area contributed by atoms with Crippen molar-refractivity contribution in [2.75, 3.05) is 23.0 Å². The number of anilines is 2. The molecular weight excluding hydrogens is 458 g/mol. The summed E-state index contributed by atoms with van der Waals surface area (Å²) in [5.41, 5.74) is 4.01. The maximum absolute atomic E-state index is 13.8. The van der Waals surface area contributed by atoms with Gasteiger partial charge in [-0.2, -0.15) is 4.98 Å². The summed E-state index contributed by atoms with van der Waals surface area (Å²) >= 11 is 1.61. The van der Waals surface area contributed by atoms with Gasteiger partial charge in [-0.1, -0.05) is 68.4 Å². The molecule has 0 fully saturated rings. The van der Waals surface area contributed by atoms with Crippen LogP contribution >= 0.6 is 11.8 Å². The van der Waals surface area contributed by atoms with Crippen LogP contribution in [0.1, 0.15) is 57.2 Å². The van der Waals surface area contributed by atoms with Crippen LogP contribution in [-0.2, 0) is 4.79 Å². The average Bonchev–Trinajstić information content (AvgIpc) is 3.26. The number of carbonyl (C=O) groups excluding carboxylic acids is 1. The van der Waals surface area contributed by atoms with Gasteiger partial charge in [-0.05, 0) is 44.4 Å². The number of allylic oxidation sites excluding steroid dienone is 1. The summed E-state index contributed by atoms with van der Waals surface area (Å²) in [6.07, 6.45) is 3.03. The molecule has 2 aromatic carbocycles. The van der Waals surface area contributed by atoms with Crippen molar-refractivity contribution in [1.29, 1.82) is 0 Å². The SMILES string of the molecule is CCCCOc1ccccc1C1C(C(=O)Nc2ccccc2C)=C(C)Nc2nc(SCCC)nn21. The lowest BCUT2D eigenvalue weighted by Gasteiger charge is -2.29. The molecule has 1 aliphatic rings. The third-order valence-electron chi connectivity index (χ3n) is 5.88. The number of ether oxygens (including phenoxy) is 1. The fourth-order valence-corrected chi connectivity index (χ4v) is 4.72. The smallest absolute Gasteiger partial charge is 0.255 e. The highest BCUT2D eigenvalue weighted by atomic mass is 32.2. The standard InChI is InChI=1S/C27H33N5O2S/c1-5-7-16-34-22-15-11-9-13-20(22)24-23(25(33)29-21-14-10-8-12-18(21)3)19(4)28-26-30-27(31-32(24)26)35-17-6-2/h8-15,24H,5-7,16-17H2,1-4H3,(H,29,33)(H,28,30,31). The second kappa shape index (κ2) is 11.4. The molecule has 7 nitrogen and oxygen atoms in total. The lowest BCUT2D eigenvalue weighted by Crippen LogP contribution is -2.32. The van der Waals surface area contributed by atoms with E-state index in [1.54, 1.807) is 11.8 Å². The minimum Gasteiger partial charge on any atom is -0.493 e. The van der Waals surface area contributed by atoms with Gasteiger partial charge in [0.05, 0.1) is 12.2 Å². The molecule has 1 unspecified atom stereocenters. The summed E-state index contributed by atoms with van der Waals surface area (Å²) in [5, 5.41) is 11.9. The van der Waals surface area contributed by atoms with Gasteiger partial charge in [0.25, 0.3) is 5.91 Å². The molecule has 0 saturated heterocycles. The van der Waals surface area contributed by atoms with E-state index < -0.39 is 6.04 Å². The lowest BCUT2D eigenvalue weighted by atomic mass is 9.94.